The highest BCUT2D eigenvalue weighted by Crippen LogP contribution is 2.05. The maximum absolute atomic E-state index is 12.1. The molecule has 1 heterocycles. The molecule has 92 valence electrons. The summed E-state index contributed by atoms with van der Waals surface area (Å²) in [7, 11) is 0. The van der Waals surface area contributed by atoms with Crippen molar-refractivity contribution in [1.82, 2.24) is 14.9 Å². The summed E-state index contributed by atoms with van der Waals surface area (Å²) in [6, 6.07) is 0.00658. The first-order chi connectivity index (χ1) is 7.91. The van der Waals surface area contributed by atoms with Gasteiger partial charge in [-0.1, -0.05) is 12.2 Å². The fraction of sp³-hybridized carbons (Fsp3) is 0.455. The second-order valence-corrected chi connectivity index (χ2v) is 4.56. The third-order valence-electron chi connectivity index (χ3n) is 2.21. The van der Waals surface area contributed by atoms with Crippen LogP contribution in [0.15, 0.2) is 12.4 Å². The molecule has 6 heteroatoms. The first-order valence-corrected chi connectivity index (χ1v) is 5.70. The highest BCUT2D eigenvalue weighted by atomic mass is 32.1. The first-order valence-electron chi connectivity index (χ1n) is 5.29. The fourth-order valence-electron chi connectivity index (χ4n) is 1.31. The molecule has 0 saturated carbocycles. The van der Waals surface area contributed by atoms with Gasteiger partial charge >= 0.3 is 0 Å². The molecular formula is C11H16N4OS. The van der Waals surface area contributed by atoms with Gasteiger partial charge in [-0.05, 0) is 20.8 Å². The number of hydrogen-bond donors (Lipinski definition) is 1. The van der Waals surface area contributed by atoms with Crippen molar-refractivity contribution in [2.24, 2.45) is 5.73 Å². The second-order valence-electron chi connectivity index (χ2n) is 4.04. The largest absolute Gasteiger partial charge is 0.392 e. The summed E-state index contributed by atoms with van der Waals surface area (Å²) in [5.74, 6) is -0.208. The van der Waals surface area contributed by atoms with E-state index in [1.165, 1.54) is 6.20 Å². The zero-order valence-electron chi connectivity index (χ0n) is 10.2. The molecule has 0 atom stereocenters. The number of thiocarbonyl (C=S) groups is 1. The maximum Gasteiger partial charge on any atom is 0.274 e. The Labute approximate surface area is 106 Å². The van der Waals surface area contributed by atoms with Gasteiger partial charge in [-0.25, -0.2) is 4.98 Å². The smallest absolute Gasteiger partial charge is 0.274 e. The Balaban J connectivity index is 2.91. The van der Waals surface area contributed by atoms with Crippen molar-refractivity contribution >= 4 is 23.1 Å². The number of carbonyl (C=O) groups excluding carboxylic acids is 1. The summed E-state index contributed by atoms with van der Waals surface area (Å²) in [6.45, 7) is 5.87. The molecule has 0 fully saturated rings. The number of carbonyl (C=O) groups is 1. The van der Waals surface area contributed by atoms with E-state index >= 15 is 0 Å². The number of nitrogens with two attached hydrogens (primary N) is 1. The molecular weight excluding hydrogens is 236 g/mol. The van der Waals surface area contributed by atoms with E-state index in [1.54, 1.807) is 11.1 Å². The van der Waals surface area contributed by atoms with E-state index in [0.717, 1.165) is 5.69 Å². The quantitative estimate of drug-likeness (QED) is 0.807. The minimum atomic E-state index is -0.208. The topological polar surface area (TPSA) is 72.1 Å². The maximum atomic E-state index is 12.1. The fourth-order valence-corrected chi connectivity index (χ4v) is 1.45. The van der Waals surface area contributed by atoms with E-state index in [1.807, 2.05) is 20.8 Å². The summed E-state index contributed by atoms with van der Waals surface area (Å²) >= 11 is 4.83. The highest BCUT2D eigenvalue weighted by molar-refractivity contribution is 7.80. The molecule has 0 saturated heterocycles. The number of amides is 1. The van der Waals surface area contributed by atoms with Crippen LogP contribution < -0.4 is 5.73 Å². The Hall–Kier alpha value is -1.56. The van der Waals surface area contributed by atoms with E-state index in [2.05, 4.69) is 9.97 Å². The molecule has 0 aliphatic rings. The van der Waals surface area contributed by atoms with Crippen molar-refractivity contribution in [3.05, 3.63) is 23.8 Å². The SMILES string of the molecule is Cc1cnc(C(=O)N(CC(N)=S)C(C)C)cn1. The van der Waals surface area contributed by atoms with Crippen molar-refractivity contribution in [2.45, 2.75) is 26.8 Å². The van der Waals surface area contributed by atoms with Crippen molar-refractivity contribution in [2.75, 3.05) is 6.54 Å². The lowest BCUT2D eigenvalue weighted by atomic mass is 10.2. The highest BCUT2D eigenvalue weighted by Gasteiger charge is 2.20. The molecule has 0 radical (unpaired) electrons. The van der Waals surface area contributed by atoms with Gasteiger partial charge < -0.3 is 10.6 Å². The molecule has 0 spiro atoms. The van der Waals surface area contributed by atoms with E-state index in [9.17, 15) is 4.79 Å². The zero-order chi connectivity index (χ0) is 13.0. The molecule has 1 aromatic heterocycles. The van der Waals surface area contributed by atoms with Crippen LogP contribution in [-0.2, 0) is 0 Å². The Morgan fingerprint density at radius 3 is 2.53 bits per heavy atom. The van der Waals surface area contributed by atoms with E-state index < -0.39 is 0 Å². The normalized spacial score (nSPS) is 10.4. The van der Waals surface area contributed by atoms with Crippen LogP contribution in [0.4, 0.5) is 0 Å². The lowest BCUT2D eigenvalue weighted by molar-refractivity contribution is 0.0729. The Kier molecular flexibility index (Phi) is 4.51. The van der Waals surface area contributed by atoms with Crippen LogP contribution >= 0.6 is 12.2 Å². The third-order valence-corrected chi connectivity index (χ3v) is 2.34. The zero-order valence-corrected chi connectivity index (χ0v) is 11.0. The summed E-state index contributed by atoms with van der Waals surface area (Å²) < 4.78 is 0. The van der Waals surface area contributed by atoms with Crippen LogP contribution in [0.5, 0.6) is 0 Å². The predicted molar refractivity (Wildman–Crippen MR) is 69.7 cm³/mol. The van der Waals surface area contributed by atoms with Crippen LogP contribution in [0, 0.1) is 6.92 Å². The van der Waals surface area contributed by atoms with Gasteiger partial charge in [-0.2, -0.15) is 0 Å². The molecule has 0 aromatic carbocycles. The van der Waals surface area contributed by atoms with E-state index in [-0.39, 0.29) is 23.5 Å². The first kappa shape index (κ1) is 13.5. The number of aryl methyl sites for hydroxylation is 1. The predicted octanol–water partition coefficient (Wildman–Crippen LogP) is 0.922. The van der Waals surface area contributed by atoms with Crippen molar-refractivity contribution in [3.8, 4) is 0 Å². The summed E-state index contributed by atoms with van der Waals surface area (Å²) in [5.41, 5.74) is 6.55. The Morgan fingerprint density at radius 1 is 1.47 bits per heavy atom. The molecule has 0 unspecified atom stereocenters. The molecule has 5 nitrogen and oxygen atoms in total. The van der Waals surface area contributed by atoms with Gasteiger partial charge in [-0.3, -0.25) is 9.78 Å². The summed E-state index contributed by atoms with van der Waals surface area (Å²) in [4.78, 5) is 22.1. The molecule has 17 heavy (non-hydrogen) atoms. The minimum Gasteiger partial charge on any atom is -0.392 e. The summed E-state index contributed by atoms with van der Waals surface area (Å²) in [6.07, 6.45) is 3.03. The van der Waals surface area contributed by atoms with Crippen LogP contribution in [-0.4, -0.2) is 38.4 Å². The molecule has 1 amide bonds. The number of nitrogens with zero attached hydrogens (tertiary/aromatic N) is 3. The van der Waals surface area contributed by atoms with Crippen LogP contribution in [0.1, 0.15) is 30.0 Å². The Bertz CT molecular complexity index is 416. The molecule has 0 aliphatic heterocycles. The minimum absolute atomic E-state index is 0.00658. The number of hydrogen-bond acceptors (Lipinski definition) is 4. The number of aromatic nitrogens is 2. The Morgan fingerprint density at radius 2 is 2.12 bits per heavy atom. The van der Waals surface area contributed by atoms with Gasteiger partial charge in [0.15, 0.2) is 0 Å². The number of rotatable bonds is 4. The third kappa shape index (κ3) is 3.74. The van der Waals surface area contributed by atoms with Crippen molar-refractivity contribution in [3.63, 3.8) is 0 Å². The monoisotopic (exact) mass is 252 g/mol. The van der Waals surface area contributed by atoms with Crippen molar-refractivity contribution < 1.29 is 4.79 Å². The van der Waals surface area contributed by atoms with Gasteiger partial charge in [0.25, 0.3) is 5.91 Å². The van der Waals surface area contributed by atoms with Gasteiger partial charge in [0.05, 0.1) is 23.4 Å². The van der Waals surface area contributed by atoms with Crippen LogP contribution in [0.25, 0.3) is 0 Å². The molecule has 0 bridgehead atoms. The lowest BCUT2D eigenvalue weighted by Gasteiger charge is -2.25. The van der Waals surface area contributed by atoms with Gasteiger partial charge in [-0.15, -0.1) is 0 Å². The molecule has 1 aromatic rings. The van der Waals surface area contributed by atoms with Crippen molar-refractivity contribution in [1.29, 1.82) is 0 Å². The van der Waals surface area contributed by atoms with Gasteiger partial charge in [0, 0.05) is 12.2 Å². The average molecular weight is 252 g/mol. The van der Waals surface area contributed by atoms with Gasteiger partial charge in [0.2, 0.25) is 0 Å². The van der Waals surface area contributed by atoms with Gasteiger partial charge in [0.1, 0.15) is 5.69 Å². The summed E-state index contributed by atoms with van der Waals surface area (Å²) in [5, 5.41) is 0. The molecule has 0 aliphatic carbocycles. The second kappa shape index (κ2) is 5.67. The lowest BCUT2D eigenvalue weighted by Crippen LogP contribution is -2.42. The van der Waals surface area contributed by atoms with Crippen LogP contribution in [0.3, 0.4) is 0 Å². The van der Waals surface area contributed by atoms with E-state index in [4.69, 9.17) is 18.0 Å². The molecule has 1 rings (SSSR count). The van der Waals surface area contributed by atoms with E-state index in [0.29, 0.717) is 5.69 Å². The molecule has 2 N–H and O–H groups in total. The average Bonchev–Trinajstić information content (AvgIpc) is 2.25. The standard InChI is InChI=1S/C11H16N4OS/c1-7(2)15(6-10(12)17)11(16)9-5-13-8(3)4-14-9/h4-5,7H,6H2,1-3H3,(H2,12,17). The van der Waals surface area contributed by atoms with Crippen LogP contribution in [0.2, 0.25) is 0 Å².